The minimum absolute atomic E-state index is 0.0366. The Morgan fingerprint density at radius 2 is 1.67 bits per heavy atom. The van der Waals surface area contributed by atoms with Gasteiger partial charge in [-0.3, -0.25) is 9.59 Å². The topological polar surface area (TPSA) is 52.7 Å². The normalized spacial score (nSPS) is 11.2. The first kappa shape index (κ1) is 21.0. The number of hydrogen-bond donors (Lipinski definition) is 1. The van der Waals surface area contributed by atoms with Crippen LogP contribution in [0.1, 0.15) is 41.6 Å². The molecule has 2 amide bonds. The lowest BCUT2D eigenvalue weighted by Gasteiger charge is -2.18. The summed E-state index contributed by atoms with van der Waals surface area (Å²) in [5, 5.41) is 3.62. The lowest BCUT2D eigenvalue weighted by Crippen LogP contribution is -2.27. The molecule has 6 heteroatoms. The molecule has 0 spiro atoms. The molecule has 1 aromatic heterocycles. The summed E-state index contributed by atoms with van der Waals surface area (Å²) in [5.74, 6) is -0.0949. The quantitative estimate of drug-likeness (QED) is 0.828. The molecule has 2 aromatic rings. The van der Waals surface area contributed by atoms with E-state index in [1.54, 1.807) is 11.9 Å². The van der Waals surface area contributed by atoms with Crippen LogP contribution in [0, 0.1) is 12.3 Å². The number of rotatable bonds is 5. The van der Waals surface area contributed by atoms with Gasteiger partial charge >= 0.3 is 0 Å². The van der Waals surface area contributed by atoms with Crippen molar-refractivity contribution in [2.45, 2.75) is 34.2 Å². The standard InChI is InChI=1S/C21H29N3O2S/c1-14-12-17(22-20(26)21(2,3)4)27-18(14)19(25)24(7)13-15-8-10-16(11-9-15)23(5)6/h8-12H,13H2,1-7H3,(H,22,26). The van der Waals surface area contributed by atoms with E-state index in [0.717, 1.165) is 16.8 Å². The first-order valence-corrected chi connectivity index (χ1v) is 9.74. The predicted octanol–water partition coefficient (Wildman–Crippen LogP) is 4.38. The lowest BCUT2D eigenvalue weighted by molar-refractivity contribution is -0.123. The third-order valence-electron chi connectivity index (χ3n) is 4.25. The summed E-state index contributed by atoms with van der Waals surface area (Å²) in [5.41, 5.74) is 2.61. The lowest BCUT2D eigenvalue weighted by atomic mass is 9.96. The number of thiophene rings is 1. The molecule has 2 rings (SSSR count). The average molecular weight is 388 g/mol. The predicted molar refractivity (Wildman–Crippen MR) is 114 cm³/mol. The van der Waals surface area contributed by atoms with Crippen LogP contribution in [-0.4, -0.2) is 37.9 Å². The molecule has 0 aliphatic rings. The summed E-state index contributed by atoms with van der Waals surface area (Å²) >= 11 is 1.33. The molecule has 27 heavy (non-hydrogen) atoms. The molecule has 0 aliphatic heterocycles. The van der Waals surface area contributed by atoms with Crippen LogP contribution in [-0.2, 0) is 11.3 Å². The van der Waals surface area contributed by atoms with E-state index >= 15 is 0 Å². The Bertz CT molecular complexity index is 817. The number of carbonyl (C=O) groups is 2. The SMILES string of the molecule is Cc1cc(NC(=O)C(C)(C)C)sc1C(=O)N(C)Cc1ccc(N(C)C)cc1. The van der Waals surface area contributed by atoms with Gasteiger partial charge in [0.05, 0.1) is 9.88 Å². The molecule has 1 aromatic carbocycles. The van der Waals surface area contributed by atoms with Crippen molar-refractivity contribution < 1.29 is 9.59 Å². The van der Waals surface area contributed by atoms with Crippen LogP contribution >= 0.6 is 11.3 Å². The summed E-state index contributed by atoms with van der Waals surface area (Å²) < 4.78 is 0. The number of benzene rings is 1. The highest BCUT2D eigenvalue weighted by Gasteiger charge is 2.23. The summed E-state index contributed by atoms with van der Waals surface area (Å²) in [6.07, 6.45) is 0. The highest BCUT2D eigenvalue weighted by Crippen LogP contribution is 2.29. The third kappa shape index (κ3) is 5.32. The molecule has 0 aliphatic carbocycles. The summed E-state index contributed by atoms with van der Waals surface area (Å²) in [6, 6.07) is 10.0. The molecule has 5 nitrogen and oxygen atoms in total. The van der Waals surface area contributed by atoms with E-state index in [1.807, 2.05) is 77.0 Å². The number of aryl methyl sites for hydroxylation is 1. The largest absolute Gasteiger partial charge is 0.378 e. The molecular formula is C21H29N3O2S. The molecule has 0 saturated carbocycles. The highest BCUT2D eigenvalue weighted by atomic mass is 32.1. The van der Waals surface area contributed by atoms with Crippen LogP contribution in [0.4, 0.5) is 10.7 Å². The van der Waals surface area contributed by atoms with Crippen molar-refractivity contribution in [3.05, 3.63) is 46.3 Å². The van der Waals surface area contributed by atoms with Crippen molar-refractivity contribution in [3.63, 3.8) is 0 Å². The Kier molecular flexibility index (Phi) is 6.31. The molecule has 1 N–H and O–H groups in total. The second kappa shape index (κ2) is 8.13. The fraction of sp³-hybridized carbons (Fsp3) is 0.429. The monoisotopic (exact) mass is 387 g/mol. The molecule has 1 heterocycles. The van der Waals surface area contributed by atoms with Gasteiger partial charge in [0.15, 0.2) is 0 Å². The van der Waals surface area contributed by atoms with E-state index in [1.165, 1.54) is 11.3 Å². The van der Waals surface area contributed by atoms with Crippen molar-refractivity contribution in [1.82, 2.24) is 4.90 Å². The van der Waals surface area contributed by atoms with Crippen LogP contribution in [0.3, 0.4) is 0 Å². The van der Waals surface area contributed by atoms with Gasteiger partial charge in [-0.05, 0) is 36.2 Å². The first-order valence-electron chi connectivity index (χ1n) is 8.92. The van der Waals surface area contributed by atoms with Gasteiger partial charge in [-0.1, -0.05) is 32.9 Å². The van der Waals surface area contributed by atoms with Crippen molar-refractivity contribution in [2.75, 3.05) is 31.4 Å². The minimum atomic E-state index is -0.475. The van der Waals surface area contributed by atoms with Crippen LogP contribution in [0.15, 0.2) is 30.3 Å². The van der Waals surface area contributed by atoms with Crippen LogP contribution in [0.5, 0.6) is 0 Å². The second-order valence-corrected chi connectivity index (χ2v) is 9.10. The van der Waals surface area contributed by atoms with Gasteiger partial charge in [0, 0.05) is 38.8 Å². The van der Waals surface area contributed by atoms with Gasteiger partial charge in [0.1, 0.15) is 0 Å². The van der Waals surface area contributed by atoms with Gasteiger partial charge in [0.25, 0.3) is 5.91 Å². The van der Waals surface area contributed by atoms with Crippen molar-refractivity contribution in [2.24, 2.45) is 5.41 Å². The smallest absolute Gasteiger partial charge is 0.264 e. The Morgan fingerprint density at radius 1 is 1.07 bits per heavy atom. The maximum absolute atomic E-state index is 12.9. The molecule has 0 unspecified atom stereocenters. The molecule has 146 valence electrons. The fourth-order valence-corrected chi connectivity index (χ4v) is 3.54. The zero-order chi connectivity index (χ0) is 20.4. The van der Waals surface area contributed by atoms with Gasteiger partial charge in [-0.15, -0.1) is 11.3 Å². The minimum Gasteiger partial charge on any atom is -0.378 e. The summed E-state index contributed by atoms with van der Waals surface area (Å²) in [7, 11) is 5.80. The number of nitrogens with zero attached hydrogens (tertiary/aromatic N) is 2. The van der Waals surface area contributed by atoms with Crippen molar-refractivity contribution in [1.29, 1.82) is 0 Å². The van der Waals surface area contributed by atoms with Gasteiger partial charge in [0.2, 0.25) is 5.91 Å². The summed E-state index contributed by atoms with van der Waals surface area (Å²) in [6.45, 7) is 8.03. The fourth-order valence-electron chi connectivity index (χ4n) is 2.47. The Morgan fingerprint density at radius 3 is 2.19 bits per heavy atom. The van der Waals surface area contributed by atoms with Gasteiger partial charge in [-0.25, -0.2) is 0 Å². The Hall–Kier alpha value is -2.34. The number of hydrogen-bond acceptors (Lipinski definition) is 4. The summed E-state index contributed by atoms with van der Waals surface area (Å²) in [4.78, 5) is 29.4. The van der Waals surface area contributed by atoms with Crippen molar-refractivity contribution >= 4 is 33.8 Å². The van der Waals surface area contributed by atoms with E-state index in [2.05, 4.69) is 5.32 Å². The van der Waals surface area contributed by atoms with E-state index in [4.69, 9.17) is 0 Å². The van der Waals surface area contributed by atoms with E-state index in [9.17, 15) is 9.59 Å². The zero-order valence-corrected chi connectivity index (χ0v) is 18.0. The number of nitrogens with one attached hydrogen (secondary N) is 1. The van der Waals surface area contributed by atoms with Crippen LogP contribution in [0.25, 0.3) is 0 Å². The molecular weight excluding hydrogens is 358 g/mol. The Labute approximate surface area is 166 Å². The Balaban J connectivity index is 2.09. The molecule has 0 radical (unpaired) electrons. The number of carbonyl (C=O) groups excluding carboxylic acids is 2. The molecule has 0 fully saturated rings. The van der Waals surface area contributed by atoms with Gasteiger partial charge < -0.3 is 15.1 Å². The molecule has 0 saturated heterocycles. The molecule has 0 bridgehead atoms. The van der Waals surface area contributed by atoms with Crippen molar-refractivity contribution in [3.8, 4) is 0 Å². The van der Waals surface area contributed by atoms with E-state index < -0.39 is 5.41 Å². The second-order valence-electron chi connectivity index (χ2n) is 8.05. The van der Waals surface area contributed by atoms with Crippen LogP contribution in [0.2, 0.25) is 0 Å². The van der Waals surface area contributed by atoms with E-state index in [0.29, 0.717) is 16.4 Å². The number of anilines is 2. The van der Waals surface area contributed by atoms with Gasteiger partial charge in [-0.2, -0.15) is 0 Å². The first-order chi connectivity index (χ1) is 12.5. The zero-order valence-electron chi connectivity index (χ0n) is 17.2. The van der Waals surface area contributed by atoms with Crippen LogP contribution < -0.4 is 10.2 Å². The average Bonchev–Trinajstić information content (AvgIpc) is 2.94. The third-order valence-corrected chi connectivity index (χ3v) is 5.39. The van der Waals surface area contributed by atoms with E-state index in [-0.39, 0.29) is 11.8 Å². The molecule has 0 atom stereocenters. The number of amides is 2. The maximum atomic E-state index is 12.9. The highest BCUT2D eigenvalue weighted by molar-refractivity contribution is 7.18. The maximum Gasteiger partial charge on any atom is 0.264 e.